The van der Waals surface area contributed by atoms with Gasteiger partial charge in [0, 0.05) is 8.04 Å². The Morgan fingerprint density at radius 1 is 1.46 bits per heavy atom. The fraction of sp³-hybridized carbons (Fsp3) is 0. The fourth-order valence-corrected chi connectivity index (χ4v) is 1.89. The quantitative estimate of drug-likeness (QED) is 0.770. The van der Waals surface area contributed by atoms with Crippen molar-refractivity contribution in [3.63, 3.8) is 0 Å². The SMILES string of the molecule is NS(=O)(=O)Nc1ccc(I)c(Br)c1. The molecule has 1 rings (SSSR count). The number of anilines is 1. The Balaban J connectivity index is 2.99. The lowest BCUT2D eigenvalue weighted by Gasteiger charge is -2.04. The van der Waals surface area contributed by atoms with Gasteiger partial charge in [-0.15, -0.1) is 0 Å². The van der Waals surface area contributed by atoms with Gasteiger partial charge in [-0.25, -0.2) is 5.14 Å². The van der Waals surface area contributed by atoms with Crippen LogP contribution in [-0.4, -0.2) is 8.42 Å². The van der Waals surface area contributed by atoms with Crippen molar-refractivity contribution in [2.45, 2.75) is 0 Å². The van der Waals surface area contributed by atoms with E-state index in [9.17, 15) is 8.42 Å². The van der Waals surface area contributed by atoms with Gasteiger partial charge in [-0.05, 0) is 56.7 Å². The Labute approximate surface area is 98.3 Å². The first-order valence-corrected chi connectivity index (χ1v) is 6.56. The van der Waals surface area contributed by atoms with Gasteiger partial charge in [0.2, 0.25) is 0 Å². The summed E-state index contributed by atoms with van der Waals surface area (Å²) < 4.78 is 25.3. The molecule has 0 aliphatic heterocycles. The third-order valence-corrected chi connectivity index (χ3v) is 4.04. The van der Waals surface area contributed by atoms with E-state index in [1.807, 2.05) is 0 Å². The molecule has 7 heteroatoms. The highest BCUT2D eigenvalue weighted by Crippen LogP contribution is 2.22. The van der Waals surface area contributed by atoms with Crippen molar-refractivity contribution in [1.82, 2.24) is 0 Å². The molecule has 0 atom stereocenters. The number of benzene rings is 1. The molecule has 13 heavy (non-hydrogen) atoms. The molecule has 72 valence electrons. The first kappa shape index (κ1) is 11.2. The van der Waals surface area contributed by atoms with E-state index >= 15 is 0 Å². The van der Waals surface area contributed by atoms with Crippen molar-refractivity contribution in [3.8, 4) is 0 Å². The predicted octanol–water partition coefficient (Wildman–Crippen LogP) is 1.67. The Morgan fingerprint density at radius 3 is 2.54 bits per heavy atom. The molecule has 0 unspecified atom stereocenters. The van der Waals surface area contributed by atoms with Gasteiger partial charge in [0.05, 0.1) is 5.69 Å². The summed E-state index contributed by atoms with van der Waals surface area (Å²) in [7, 11) is -3.68. The summed E-state index contributed by atoms with van der Waals surface area (Å²) in [6, 6.07) is 5.06. The van der Waals surface area contributed by atoms with Crippen LogP contribution >= 0.6 is 38.5 Å². The maximum atomic E-state index is 10.6. The summed E-state index contributed by atoms with van der Waals surface area (Å²) in [4.78, 5) is 0. The standard InChI is InChI=1S/C6H6BrIN2O2S/c7-5-3-4(1-2-6(5)8)10-13(9,11)12/h1-3,10H,(H2,9,11,12). The minimum absolute atomic E-state index is 0.440. The molecule has 0 radical (unpaired) electrons. The average molecular weight is 377 g/mol. The summed E-state index contributed by atoms with van der Waals surface area (Å²) >= 11 is 5.39. The molecule has 0 saturated heterocycles. The van der Waals surface area contributed by atoms with E-state index in [0.717, 1.165) is 8.04 Å². The molecule has 0 spiro atoms. The summed E-state index contributed by atoms with van der Waals surface area (Å²) in [5, 5.41) is 4.80. The molecule has 4 nitrogen and oxygen atoms in total. The van der Waals surface area contributed by atoms with Crippen LogP contribution in [0, 0.1) is 3.57 Å². The van der Waals surface area contributed by atoms with Crippen LogP contribution in [0.5, 0.6) is 0 Å². The molecule has 1 aromatic carbocycles. The van der Waals surface area contributed by atoms with Gasteiger partial charge < -0.3 is 0 Å². The molecule has 0 amide bonds. The smallest absolute Gasteiger partial charge is 0.271 e. The molecule has 0 saturated carbocycles. The van der Waals surface area contributed by atoms with E-state index in [-0.39, 0.29) is 0 Å². The van der Waals surface area contributed by atoms with Crippen LogP contribution in [0.25, 0.3) is 0 Å². The molecule has 0 aromatic heterocycles. The van der Waals surface area contributed by atoms with Crippen LogP contribution in [0.1, 0.15) is 0 Å². The summed E-state index contributed by atoms with van der Waals surface area (Å²) in [5.74, 6) is 0. The second-order valence-electron chi connectivity index (χ2n) is 2.28. The molecule has 3 N–H and O–H groups in total. The number of nitrogens with two attached hydrogens (primary N) is 1. The first-order chi connectivity index (χ1) is 5.88. The van der Waals surface area contributed by atoms with Crippen molar-refractivity contribution in [3.05, 3.63) is 26.2 Å². The number of hydrogen-bond acceptors (Lipinski definition) is 2. The predicted molar refractivity (Wildman–Crippen MR) is 63.6 cm³/mol. The Hall–Kier alpha value is 0.140. The molecule has 0 fully saturated rings. The van der Waals surface area contributed by atoms with Crippen LogP contribution in [0.15, 0.2) is 22.7 Å². The lowest BCUT2D eigenvalue weighted by molar-refractivity contribution is 0.603. The largest absolute Gasteiger partial charge is 0.296 e. The molecular weight excluding hydrogens is 371 g/mol. The summed E-state index contributed by atoms with van der Waals surface area (Å²) in [6.45, 7) is 0. The molecule has 1 aromatic rings. The zero-order valence-corrected chi connectivity index (χ0v) is 10.9. The molecule has 0 aliphatic carbocycles. The van der Waals surface area contributed by atoms with Crippen LogP contribution in [0.2, 0.25) is 0 Å². The van der Waals surface area contributed by atoms with Crippen molar-refractivity contribution < 1.29 is 8.42 Å². The Morgan fingerprint density at radius 2 is 2.08 bits per heavy atom. The molecule has 0 aliphatic rings. The van der Waals surface area contributed by atoms with Crippen LogP contribution in [0.4, 0.5) is 5.69 Å². The monoisotopic (exact) mass is 376 g/mol. The minimum atomic E-state index is -3.68. The molecule has 0 bridgehead atoms. The lowest BCUT2D eigenvalue weighted by Crippen LogP contribution is -2.21. The number of hydrogen-bond donors (Lipinski definition) is 2. The van der Waals surface area contributed by atoms with Crippen LogP contribution in [0.3, 0.4) is 0 Å². The zero-order valence-electron chi connectivity index (χ0n) is 6.29. The van der Waals surface area contributed by atoms with E-state index < -0.39 is 10.2 Å². The third-order valence-electron chi connectivity index (χ3n) is 1.18. The van der Waals surface area contributed by atoms with E-state index in [1.54, 1.807) is 18.2 Å². The van der Waals surface area contributed by atoms with Gasteiger partial charge in [-0.1, -0.05) is 0 Å². The number of rotatable bonds is 2. The molecular formula is C6H6BrIN2O2S. The highest BCUT2D eigenvalue weighted by molar-refractivity contribution is 14.1. The normalized spacial score (nSPS) is 11.3. The molecule has 0 heterocycles. The average Bonchev–Trinajstić information content (AvgIpc) is 1.94. The van der Waals surface area contributed by atoms with Gasteiger partial charge in [0.25, 0.3) is 10.2 Å². The van der Waals surface area contributed by atoms with E-state index in [0.29, 0.717) is 5.69 Å². The van der Waals surface area contributed by atoms with Gasteiger partial charge in [0.15, 0.2) is 0 Å². The Bertz CT molecular complexity index is 421. The van der Waals surface area contributed by atoms with Gasteiger partial charge in [-0.3, -0.25) is 4.72 Å². The Kier molecular flexibility index (Phi) is 3.55. The van der Waals surface area contributed by atoms with E-state index in [1.165, 1.54) is 0 Å². The summed E-state index contributed by atoms with van der Waals surface area (Å²) in [5.41, 5.74) is 0.440. The number of halogens is 2. The van der Waals surface area contributed by atoms with Crippen molar-refractivity contribution in [2.75, 3.05) is 4.72 Å². The van der Waals surface area contributed by atoms with Gasteiger partial charge >= 0.3 is 0 Å². The summed E-state index contributed by atoms with van der Waals surface area (Å²) in [6.07, 6.45) is 0. The first-order valence-electron chi connectivity index (χ1n) is 3.14. The van der Waals surface area contributed by atoms with E-state index in [4.69, 9.17) is 5.14 Å². The van der Waals surface area contributed by atoms with Crippen molar-refractivity contribution in [1.29, 1.82) is 0 Å². The second kappa shape index (κ2) is 4.11. The van der Waals surface area contributed by atoms with Crippen molar-refractivity contribution in [2.24, 2.45) is 5.14 Å². The van der Waals surface area contributed by atoms with Crippen LogP contribution in [-0.2, 0) is 10.2 Å². The second-order valence-corrected chi connectivity index (χ2v) is 5.59. The number of nitrogens with one attached hydrogen (secondary N) is 1. The van der Waals surface area contributed by atoms with Gasteiger partial charge in [0.1, 0.15) is 0 Å². The minimum Gasteiger partial charge on any atom is -0.271 e. The fourth-order valence-electron chi connectivity index (χ4n) is 0.724. The third kappa shape index (κ3) is 3.79. The van der Waals surface area contributed by atoms with E-state index in [2.05, 4.69) is 43.2 Å². The highest BCUT2D eigenvalue weighted by Gasteiger charge is 2.03. The van der Waals surface area contributed by atoms with Crippen molar-refractivity contribution >= 4 is 54.4 Å². The lowest BCUT2D eigenvalue weighted by atomic mass is 10.3. The maximum absolute atomic E-state index is 10.6. The van der Waals surface area contributed by atoms with Crippen LogP contribution < -0.4 is 9.86 Å². The maximum Gasteiger partial charge on any atom is 0.296 e. The van der Waals surface area contributed by atoms with Gasteiger partial charge in [-0.2, -0.15) is 8.42 Å². The highest BCUT2D eigenvalue weighted by atomic mass is 127. The zero-order chi connectivity index (χ0) is 10.1. The topological polar surface area (TPSA) is 72.2 Å².